The summed E-state index contributed by atoms with van der Waals surface area (Å²) in [5.41, 5.74) is 2.36. The minimum Gasteiger partial charge on any atom is -0.490 e. The van der Waals surface area contributed by atoms with E-state index in [2.05, 4.69) is 41.2 Å². The van der Waals surface area contributed by atoms with Gasteiger partial charge in [0.15, 0.2) is 11.6 Å². The van der Waals surface area contributed by atoms with Crippen LogP contribution in [0, 0.1) is 0 Å². The summed E-state index contributed by atoms with van der Waals surface area (Å²) in [6.45, 7) is 4.89. The van der Waals surface area contributed by atoms with Crippen molar-refractivity contribution in [1.82, 2.24) is 9.97 Å². The maximum absolute atomic E-state index is 13.2. The van der Waals surface area contributed by atoms with Gasteiger partial charge in [-0.05, 0) is 37.7 Å². The van der Waals surface area contributed by atoms with Gasteiger partial charge in [0.1, 0.15) is 0 Å². The molecule has 1 aromatic heterocycles. The van der Waals surface area contributed by atoms with E-state index in [4.69, 9.17) is 4.74 Å². The lowest BCUT2D eigenvalue weighted by atomic mass is 10.0. The van der Waals surface area contributed by atoms with E-state index in [9.17, 15) is 4.39 Å². The molecule has 0 bridgehead atoms. The lowest BCUT2D eigenvalue weighted by Crippen LogP contribution is -1.99. The third-order valence-electron chi connectivity index (χ3n) is 5.78. The van der Waals surface area contributed by atoms with E-state index in [0.717, 1.165) is 55.8 Å². The molecule has 172 valence electrons. The van der Waals surface area contributed by atoms with Crippen LogP contribution in [0.4, 0.5) is 4.39 Å². The number of aryl methyl sites for hydroxylation is 1. The number of unbranched alkanes of at least 4 members (excludes halogenated alkanes) is 8. The van der Waals surface area contributed by atoms with Crippen molar-refractivity contribution in [2.45, 2.75) is 103 Å². The maximum Gasteiger partial charge on any atom is 0.159 e. The zero-order valence-corrected chi connectivity index (χ0v) is 19.6. The van der Waals surface area contributed by atoms with Crippen molar-refractivity contribution in [2.75, 3.05) is 6.61 Å². The number of hydrogen-bond acceptors (Lipinski definition) is 3. The minimum absolute atomic E-state index is 0.615. The lowest BCUT2D eigenvalue weighted by molar-refractivity contribution is 0.296. The fourth-order valence-corrected chi connectivity index (χ4v) is 3.69. The Morgan fingerprint density at radius 3 is 2.16 bits per heavy atom. The molecule has 0 N–H and O–H groups in total. The monoisotopic (exact) mass is 428 g/mol. The Kier molecular flexibility index (Phi) is 12.9. The van der Waals surface area contributed by atoms with Gasteiger partial charge in [-0.25, -0.2) is 14.4 Å². The number of rotatable bonds is 17. The minimum atomic E-state index is -0.615. The van der Waals surface area contributed by atoms with Crippen molar-refractivity contribution < 1.29 is 9.13 Å². The van der Waals surface area contributed by atoms with Gasteiger partial charge in [0.2, 0.25) is 0 Å². The molecule has 0 radical (unpaired) electrons. The van der Waals surface area contributed by atoms with Crippen LogP contribution in [0.3, 0.4) is 0 Å². The number of benzene rings is 1. The third kappa shape index (κ3) is 10.8. The fraction of sp³-hybridized carbons (Fsp3) is 0.630. The fourth-order valence-electron chi connectivity index (χ4n) is 3.69. The molecular formula is C27H41FN2O. The number of nitrogens with zero attached hydrogens (tertiary/aromatic N) is 2. The maximum atomic E-state index is 13.2. The first-order valence-electron chi connectivity index (χ1n) is 12.4. The standard InChI is InChI=1S/C27H41FN2O/c1-3-5-6-7-10-13-20-31-26-21-29-27(30-22-26)24-18-16-23(17-19-24)14-11-8-9-12-15-25(28)4-2/h16-19,21-22,25H,3-15,20H2,1-2H3. The van der Waals surface area contributed by atoms with Gasteiger partial charge in [-0.15, -0.1) is 0 Å². The van der Waals surface area contributed by atoms with Crippen LogP contribution < -0.4 is 4.74 Å². The highest BCUT2D eigenvalue weighted by Gasteiger charge is 2.04. The summed E-state index contributed by atoms with van der Waals surface area (Å²) in [6.07, 6.45) is 17.4. The summed E-state index contributed by atoms with van der Waals surface area (Å²) in [7, 11) is 0. The Balaban J connectivity index is 1.65. The van der Waals surface area contributed by atoms with E-state index < -0.39 is 6.17 Å². The molecule has 4 heteroatoms. The second kappa shape index (κ2) is 15.8. The molecule has 0 aliphatic rings. The molecular weight excluding hydrogens is 387 g/mol. The summed E-state index contributed by atoms with van der Waals surface area (Å²) in [4.78, 5) is 8.94. The van der Waals surface area contributed by atoms with Gasteiger partial charge in [-0.1, -0.05) is 89.5 Å². The quantitative estimate of drug-likeness (QED) is 0.239. The Hall–Kier alpha value is -1.97. The first kappa shape index (κ1) is 25.3. The average molecular weight is 429 g/mol. The Morgan fingerprint density at radius 2 is 1.45 bits per heavy atom. The van der Waals surface area contributed by atoms with Crippen LogP contribution in [0.5, 0.6) is 5.75 Å². The highest BCUT2D eigenvalue weighted by atomic mass is 19.1. The second-order valence-corrected chi connectivity index (χ2v) is 8.51. The van der Waals surface area contributed by atoms with E-state index in [1.54, 1.807) is 12.4 Å². The highest BCUT2D eigenvalue weighted by Crippen LogP contribution is 2.19. The number of halogens is 1. The summed E-state index contributed by atoms with van der Waals surface area (Å²) >= 11 is 0. The predicted molar refractivity (Wildman–Crippen MR) is 128 cm³/mol. The van der Waals surface area contributed by atoms with E-state index >= 15 is 0 Å². The Bertz CT molecular complexity index is 687. The van der Waals surface area contributed by atoms with Gasteiger partial charge in [0, 0.05) is 5.56 Å². The van der Waals surface area contributed by atoms with E-state index in [0.29, 0.717) is 12.8 Å². The first-order valence-corrected chi connectivity index (χ1v) is 12.4. The number of hydrogen-bond donors (Lipinski definition) is 0. The van der Waals surface area contributed by atoms with Crippen LogP contribution in [0.25, 0.3) is 11.4 Å². The van der Waals surface area contributed by atoms with Crippen LogP contribution in [-0.2, 0) is 6.42 Å². The molecule has 2 aromatic rings. The average Bonchev–Trinajstić information content (AvgIpc) is 2.81. The smallest absolute Gasteiger partial charge is 0.159 e. The molecule has 1 atom stereocenters. The zero-order valence-electron chi connectivity index (χ0n) is 19.6. The second-order valence-electron chi connectivity index (χ2n) is 8.51. The van der Waals surface area contributed by atoms with E-state index in [-0.39, 0.29) is 0 Å². The van der Waals surface area contributed by atoms with E-state index in [1.165, 1.54) is 44.1 Å². The molecule has 1 aromatic carbocycles. The normalized spacial score (nSPS) is 12.1. The molecule has 0 fully saturated rings. The van der Waals surface area contributed by atoms with Gasteiger partial charge in [0.25, 0.3) is 0 Å². The molecule has 0 saturated carbocycles. The molecule has 1 heterocycles. The molecule has 0 saturated heterocycles. The number of ether oxygens (including phenoxy) is 1. The Morgan fingerprint density at radius 1 is 0.806 bits per heavy atom. The number of alkyl halides is 1. The summed E-state index contributed by atoms with van der Waals surface area (Å²) in [5.74, 6) is 1.47. The SMILES string of the molecule is CCCCCCCCOc1cnc(-c2ccc(CCCCCCC(F)CC)cc2)nc1. The van der Waals surface area contributed by atoms with Crippen molar-refractivity contribution >= 4 is 0 Å². The summed E-state index contributed by atoms with van der Waals surface area (Å²) in [5, 5.41) is 0. The van der Waals surface area contributed by atoms with Crippen molar-refractivity contribution in [3.63, 3.8) is 0 Å². The van der Waals surface area contributed by atoms with Crippen molar-refractivity contribution in [2.24, 2.45) is 0 Å². The van der Waals surface area contributed by atoms with Crippen LogP contribution in [0.2, 0.25) is 0 Å². The molecule has 0 spiro atoms. The van der Waals surface area contributed by atoms with E-state index in [1.807, 2.05) is 6.92 Å². The van der Waals surface area contributed by atoms with Crippen molar-refractivity contribution in [1.29, 1.82) is 0 Å². The zero-order chi connectivity index (χ0) is 22.2. The first-order chi connectivity index (χ1) is 15.2. The van der Waals surface area contributed by atoms with Gasteiger partial charge in [-0.3, -0.25) is 0 Å². The molecule has 0 amide bonds. The molecule has 3 nitrogen and oxygen atoms in total. The topological polar surface area (TPSA) is 35.0 Å². The van der Waals surface area contributed by atoms with Crippen LogP contribution >= 0.6 is 0 Å². The summed E-state index contributed by atoms with van der Waals surface area (Å²) < 4.78 is 19.0. The van der Waals surface area contributed by atoms with Crippen LogP contribution in [0.1, 0.15) is 96.5 Å². The molecule has 0 aliphatic carbocycles. The molecule has 2 rings (SSSR count). The summed E-state index contributed by atoms with van der Waals surface area (Å²) in [6, 6.07) is 8.51. The van der Waals surface area contributed by atoms with Gasteiger partial charge in [-0.2, -0.15) is 0 Å². The van der Waals surface area contributed by atoms with Gasteiger partial charge in [0.05, 0.1) is 25.2 Å². The predicted octanol–water partition coefficient (Wildman–Crippen LogP) is 8.12. The largest absolute Gasteiger partial charge is 0.490 e. The van der Waals surface area contributed by atoms with Gasteiger partial charge >= 0.3 is 0 Å². The van der Waals surface area contributed by atoms with Gasteiger partial charge < -0.3 is 4.74 Å². The number of aromatic nitrogens is 2. The molecule has 31 heavy (non-hydrogen) atoms. The van der Waals surface area contributed by atoms with Crippen LogP contribution in [0.15, 0.2) is 36.7 Å². The van der Waals surface area contributed by atoms with Crippen molar-refractivity contribution in [3.05, 3.63) is 42.2 Å². The van der Waals surface area contributed by atoms with Crippen molar-refractivity contribution in [3.8, 4) is 17.1 Å². The highest BCUT2D eigenvalue weighted by molar-refractivity contribution is 5.55. The lowest BCUT2D eigenvalue weighted by Gasteiger charge is -2.07. The third-order valence-corrected chi connectivity index (χ3v) is 5.78. The molecule has 1 unspecified atom stereocenters. The Labute approximate surface area is 188 Å². The molecule has 0 aliphatic heterocycles. The van der Waals surface area contributed by atoms with Crippen LogP contribution in [-0.4, -0.2) is 22.7 Å².